The summed E-state index contributed by atoms with van der Waals surface area (Å²) in [6.45, 7) is 2.48. The molecule has 3 aliphatic rings. The van der Waals surface area contributed by atoms with Crippen molar-refractivity contribution in [1.82, 2.24) is 4.90 Å². The summed E-state index contributed by atoms with van der Waals surface area (Å²) in [5.41, 5.74) is 3.97. The van der Waals surface area contributed by atoms with Gasteiger partial charge in [-0.15, -0.1) is 0 Å². The fourth-order valence-electron chi connectivity index (χ4n) is 5.97. The molecule has 9 heteroatoms. The van der Waals surface area contributed by atoms with Crippen molar-refractivity contribution in [2.45, 2.75) is 50.4 Å². The highest BCUT2D eigenvalue weighted by Crippen LogP contribution is 2.52. The van der Waals surface area contributed by atoms with Crippen LogP contribution in [0.25, 0.3) is 5.76 Å². The zero-order chi connectivity index (χ0) is 24.9. The zero-order valence-corrected chi connectivity index (χ0v) is 19.7. The summed E-state index contributed by atoms with van der Waals surface area (Å²) in [4.78, 5) is 40.7. The average Bonchev–Trinajstić information content (AvgIpc) is 2.76. The van der Waals surface area contributed by atoms with Crippen LogP contribution < -0.4 is 10.5 Å². The van der Waals surface area contributed by atoms with Crippen LogP contribution in [-0.2, 0) is 20.8 Å². The lowest BCUT2D eigenvalue weighted by atomic mass is 9.54. The summed E-state index contributed by atoms with van der Waals surface area (Å²) in [5, 5.41) is 33.7. The largest absolute Gasteiger partial charge is 0.507 e. The molecule has 0 radical (unpaired) electrons. The molecule has 184 valence electrons. The second kappa shape index (κ2) is 8.79. The normalized spacial score (nSPS) is 32.8. The third kappa shape index (κ3) is 3.45. The van der Waals surface area contributed by atoms with E-state index in [4.69, 9.17) is 10.5 Å². The molecule has 2 saturated carbocycles. The maximum Gasteiger partial charge on any atom is 0.230 e. The van der Waals surface area contributed by atoms with Gasteiger partial charge < -0.3 is 30.7 Å². The predicted octanol–water partition coefficient (Wildman–Crippen LogP) is 0.602. The smallest absolute Gasteiger partial charge is 0.230 e. The van der Waals surface area contributed by atoms with Gasteiger partial charge in [-0.05, 0) is 50.9 Å². The standard InChI is InChI=1S/C25H32N2O7/c1-4-5-9-34-15-8-6-7-12-10-13-11-14-19(27(2)3)21(29)18(24(26)32)23(31)25(14,33)22(30)17(13)20(28)16(12)15/h6-8,13-14,18-19,21,28-29,33H,4-5,9-11H2,1-3H3,(H2,26,32)/t13-,14-,18?,19-,21?,25-/m0/s1. The van der Waals surface area contributed by atoms with Crippen LogP contribution in [0.5, 0.6) is 5.75 Å². The molecule has 0 spiro atoms. The van der Waals surface area contributed by atoms with Crippen LogP contribution in [0.4, 0.5) is 0 Å². The number of amides is 1. The van der Waals surface area contributed by atoms with Gasteiger partial charge in [-0.2, -0.15) is 0 Å². The minimum atomic E-state index is -2.58. The Morgan fingerprint density at radius 3 is 2.62 bits per heavy atom. The van der Waals surface area contributed by atoms with Crippen LogP contribution >= 0.6 is 0 Å². The topological polar surface area (TPSA) is 150 Å². The summed E-state index contributed by atoms with van der Waals surface area (Å²) in [6, 6.07) is 4.53. The molecule has 3 aliphatic carbocycles. The van der Waals surface area contributed by atoms with Gasteiger partial charge >= 0.3 is 0 Å². The molecule has 6 atom stereocenters. The van der Waals surface area contributed by atoms with Gasteiger partial charge in [0.15, 0.2) is 11.4 Å². The molecule has 34 heavy (non-hydrogen) atoms. The highest BCUT2D eigenvalue weighted by atomic mass is 16.5. The van der Waals surface area contributed by atoms with Gasteiger partial charge in [0.2, 0.25) is 11.7 Å². The monoisotopic (exact) mass is 472 g/mol. The van der Waals surface area contributed by atoms with Gasteiger partial charge in [0, 0.05) is 17.5 Å². The molecule has 0 saturated heterocycles. The van der Waals surface area contributed by atoms with Gasteiger partial charge in [0.25, 0.3) is 0 Å². The summed E-state index contributed by atoms with van der Waals surface area (Å²) in [7, 11) is 3.29. The Morgan fingerprint density at radius 2 is 2.00 bits per heavy atom. The first-order valence-corrected chi connectivity index (χ1v) is 11.7. The van der Waals surface area contributed by atoms with E-state index < -0.39 is 53.0 Å². The fourth-order valence-corrected chi connectivity index (χ4v) is 5.97. The third-order valence-electron chi connectivity index (χ3n) is 7.56. The highest BCUT2D eigenvalue weighted by Gasteiger charge is 2.67. The molecule has 5 N–H and O–H groups in total. The van der Waals surface area contributed by atoms with Crippen molar-refractivity contribution >= 4 is 23.2 Å². The molecular formula is C25H32N2O7. The summed E-state index contributed by atoms with van der Waals surface area (Å²) in [5.74, 6) is -6.21. The van der Waals surface area contributed by atoms with Crippen molar-refractivity contribution in [3.63, 3.8) is 0 Å². The highest BCUT2D eigenvalue weighted by molar-refractivity contribution is 6.24. The molecule has 9 nitrogen and oxygen atoms in total. The number of nitrogens with zero attached hydrogens (tertiary/aromatic N) is 1. The summed E-state index contributed by atoms with van der Waals surface area (Å²) >= 11 is 0. The maximum atomic E-state index is 13.8. The number of ether oxygens (including phenoxy) is 1. The van der Waals surface area contributed by atoms with E-state index in [9.17, 15) is 29.7 Å². The molecule has 2 fully saturated rings. The maximum absolute atomic E-state index is 13.8. The molecule has 0 aliphatic heterocycles. The molecule has 0 aromatic heterocycles. The minimum Gasteiger partial charge on any atom is -0.507 e. The van der Waals surface area contributed by atoms with Crippen LogP contribution in [0.2, 0.25) is 0 Å². The zero-order valence-electron chi connectivity index (χ0n) is 19.7. The molecule has 1 aromatic rings. The van der Waals surface area contributed by atoms with Crippen molar-refractivity contribution in [1.29, 1.82) is 0 Å². The van der Waals surface area contributed by atoms with Gasteiger partial charge in [-0.3, -0.25) is 14.4 Å². The first-order valence-electron chi connectivity index (χ1n) is 11.7. The lowest BCUT2D eigenvalue weighted by molar-refractivity contribution is -0.184. The third-order valence-corrected chi connectivity index (χ3v) is 7.56. The number of unbranched alkanes of at least 4 members (excludes halogenated alkanes) is 1. The molecule has 4 rings (SSSR count). The Balaban J connectivity index is 1.84. The average molecular weight is 473 g/mol. The number of benzene rings is 1. The second-order valence-corrected chi connectivity index (χ2v) is 9.78. The van der Waals surface area contributed by atoms with Crippen LogP contribution in [0.3, 0.4) is 0 Å². The van der Waals surface area contributed by atoms with E-state index in [1.165, 1.54) is 0 Å². The molecule has 0 heterocycles. The van der Waals surface area contributed by atoms with Gasteiger partial charge in [0.05, 0.1) is 18.3 Å². The van der Waals surface area contributed by atoms with E-state index in [1.54, 1.807) is 25.1 Å². The molecular weight excluding hydrogens is 440 g/mol. The number of nitrogens with two attached hydrogens (primary N) is 1. The number of likely N-dealkylation sites (N-methyl/N-ethyl adjacent to an activating group) is 1. The summed E-state index contributed by atoms with van der Waals surface area (Å²) < 4.78 is 5.86. The van der Waals surface area contributed by atoms with Crippen molar-refractivity contribution in [3.05, 3.63) is 34.9 Å². The number of hydrogen-bond acceptors (Lipinski definition) is 8. The van der Waals surface area contributed by atoms with Crippen LogP contribution in [0.1, 0.15) is 37.3 Å². The number of carbonyl (C=O) groups is 3. The van der Waals surface area contributed by atoms with Crippen LogP contribution in [0, 0.1) is 17.8 Å². The Labute approximate surface area is 198 Å². The van der Waals surface area contributed by atoms with Crippen LogP contribution in [-0.4, -0.2) is 76.1 Å². The number of hydrogen-bond donors (Lipinski definition) is 4. The van der Waals surface area contributed by atoms with E-state index in [1.807, 2.05) is 19.1 Å². The number of carbonyl (C=O) groups excluding carboxylic acids is 3. The number of rotatable bonds is 6. The molecule has 1 aromatic carbocycles. The number of primary amides is 1. The van der Waals surface area contributed by atoms with Gasteiger partial charge in [-0.1, -0.05) is 25.5 Å². The Bertz CT molecular complexity index is 1070. The minimum absolute atomic E-state index is 0.0387. The number of aliphatic hydroxyl groups is 3. The number of fused-ring (bicyclic) bond motifs is 3. The first kappa shape index (κ1) is 24.4. The van der Waals surface area contributed by atoms with E-state index in [-0.39, 0.29) is 17.8 Å². The van der Waals surface area contributed by atoms with Crippen molar-refractivity contribution < 1.29 is 34.4 Å². The summed E-state index contributed by atoms with van der Waals surface area (Å²) in [6.07, 6.45) is 0.855. The lowest BCUT2D eigenvalue weighted by Gasteiger charge is -2.53. The van der Waals surface area contributed by atoms with E-state index in [0.717, 1.165) is 18.4 Å². The van der Waals surface area contributed by atoms with Crippen molar-refractivity contribution in [2.24, 2.45) is 23.5 Å². The molecule has 2 unspecified atom stereocenters. The Morgan fingerprint density at radius 1 is 1.29 bits per heavy atom. The predicted molar refractivity (Wildman–Crippen MR) is 123 cm³/mol. The fraction of sp³-hybridized carbons (Fsp3) is 0.560. The van der Waals surface area contributed by atoms with Gasteiger partial charge in [-0.25, -0.2) is 0 Å². The lowest BCUT2D eigenvalue weighted by Crippen LogP contribution is -2.73. The Kier molecular flexibility index (Phi) is 6.30. The first-order chi connectivity index (χ1) is 16.0. The van der Waals surface area contributed by atoms with E-state index in [0.29, 0.717) is 24.3 Å². The number of Topliss-reactive ketones (excluding diaryl/α,β-unsaturated/α-hetero) is 2. The van der Waals surface area contributed by atoms with Crippen LogP contribution in [0.15, 0.2) is 23.8 Å². The second-order valence-electron chi connectivity index (χ2n) is 9.78. The van der Waals surface area contributed by atoms with Crippen molar-refractivity contribution in [2.75, 3.05) is 20.7 Å². The van der Waals surface area contributed by atoms with Gasteiger partial charge in [0.1, 0.15) is 17.4 Å². The molecule has 0 bridgehead atoms. The SMILES string of the molecule is CCCCOc1cccc2c1C(O)=C1C(=O)[C@]3(O)C(=O)C(C(N)=O)C(O)[C@@H](N(C)C)[C@@H]3C[C@@H]1C2. The Hall–Kier alpha value is -2.75. The number of aliphatic hydroxyl groups excluding tert-OH is 2. The quantitative estimate of drug-likeness (QED) is 0.347. The van der Waals surface area contributed by atoms with E-state index in [2.05, 4.69) is 0 Å². The van der Waals surface area contributed by atoms with Crippen molar-refractivity contribution in [3.8, 4) is 5.75 Å². The molecule has 1 amide bonds. The number of ketones is 2. The van der Waals surface area contributed by atoms with E-state index >= 15 is 0 Å².